The number of rotatable bonds is 6. The number of nitrogens with zero attached hydrogens (tertiary/aromatic N) is 1. The van der Waals surface area contributed by atoms with Crippen molar-refractivity contribution in [2.75, 3.05) is 32.5 Å². The van der Waals surface area contributed by atoms with Crippen LogP contribution in [0.1, 0.15) is 12.5 Å². The fourth-order valence-electron chi connectivity index (χ4n) is 1.73. The van der Waals surface area contributed by atoms with Gasteiger partial charge < -0.3 is 15.5 Å². The molecular formula is C14H21N3O2. The van der Waals surface area contributed by atoms with E-state index in [4.69, 9.17) is 0 Å². The Morgan fingerprint density at radius 1 is 1.26 bits per heavy atom. The lowest BCUT2D eigenvalue weighted by Gasteiger charge is -2.17. The summed E-state index contributed by atoms with van der Waals surface area (Å²) in [5.74, 6) is -0.297. The zero-order valence-electron chi connectivity index (χ0n) is 11.7. The lowest BCUT2D eigenvalue weighted by molar-refractivity contribution is -0.132. The molecule has 1 aromatic carbocycles. The van der Waals surface area contributed by atoms with Gasteiger partial charge in [-0.3, -0.25) is 9.59 Å². The first-order chi connectivity index (χ1) is 9.08. The zero-order valence-corrected chi connectivity index (χ0v) is 11.7. The molecule has 0 aromatic heterocycles. The van der Waals surface area contributed by atoms with Gasteiger partial charge in [0.2, 0.25) is 11.8 Å². The molecule has 0 bridgehead atoms. The van der Waals surface area contributed by atoms with E-state index in [9.17, 15) is 9.59 Å². The number of carbonyl (C=O) groups excluding carboxylic acids is 2. The van der Waals surface area contributed by atoms with Gasteiger partial charge in [0, 0.05) is 12.7 Å². The Kier molecular flexibility index (Phi) is 6.02. The summed E-state index contributed by atoms with van der Waals surface area (Å²) in [5.41, 5.74) is 1.89. The Morgan fingerprint density at radius 2 is 1.95 bits per heavy atom. The lowest BCUT2D eigenvalue weighted by Crippen LogP contribution is -2.39. The van der Waals surface area contributed by atoms with Gasteiger partial charge in [-0.1, -0.05) is 25.1 Å². The van der Waals surface area contributed by atoms with Crippen molar-refractivity contribution < 1.29 is 9.59 Å². The molecular weight excluding hydrogens is 242 g/mol. The van der Waals surface area contributed by atoms with Crippen LogP contribution < -0.4 is 10.6 Å². The molecule has 104 valence electrons. The fraction of sp³-hybridized carbons (Fsp3) is 0.429. The quantitative estimate of drug-likeness (QED) is 0.800. The van der Waals surface area contributed by atoms with Gasteiger partial charge >= 0.3 is 0 Å². The molecule has 1 rings (SSSR count). The van der Waals surface area contributed by atoms with Crippen molar-refractivity contribution >= 4 is 17.5 Å². The molecule has 0 heterocycles. The standard InChI is InChI=1S/C14H21N3O2/c1-4-11-7-5-6-8-12(11)16-13(18)10-17(3)14(19)9-15-2/h5-8,15H,4,9-10H2,1-3H3,(H,16,18). The second kappa shape index (κ2) is 7.53. The lowest BCUT2D eigenvalue weighted by atomic mass is 10.1. The summed E-state index contributed by atoms with van der Waals surface area (Å²) in [6.07, 6.45) is 0.852. The molecule has 0 atom stereocenters. The van der Waals surface area contributed by atoms with Crippen LogP contribution in [0.15, 0.2) is 24.3 Å². The molecule has 0 radical (unpaired) electrons. The van der Waals surface area contributed by atoms with Crippen LogP contribution in [0, 0.1) is 0 Å². The second-order valence-electron chi connectivity index (χ2n) is 4.34. The first-order valence-electron chi connectivity index (χ1n) is 6.34. The van der Waals surface area contributed by atoms with E-state index in [1.54, 1.807) is 14.1 Å². The maximum Gasteiger partial charge on any atom is 0.243 e. The Morgan fingerprint density at radius 3 is 2.58 bits per heavy atom. The highest BCUT2D eigenvalue weighted by molar-refractivity contribution is 5.95. The van der Waals surface area contributed by atoms with Crippen LogP contribution in [0.3, 0.4) is 0 Å². The number of hydrogen-bond donors (Lipinski definition) is 2. The van der Waals surface area contributed by atoms with Gasteiger partial charge in [0.25, 0.3) is 0 Å². The molecule has 2 N–H and O–H groups in total. The molecule has 0 saturated carbocycles. The van der Waals surface area contributed by atoms with Gasteiger partial charge in [0.15, 0.2) is 0 Å². The fourth-order valence-corrected chi connectivity index (χ4v) is 1.73. The molecule has 0 aliphatic heterocycles. The van der Waals surface area contributed by atoms with Crippen LogP contribution in [0.4, 0.5) is 5.69 Å². The number of para-hydroxylation sites is 1. The molecule has 0 fully saturated rings. The highest BCUT2D eigenvalue weighted by Gasteiger charge is 2.12. The first-order valence-corrected chi connectivity index (χ1v) is 6.34. The molecule has 19 heavy (non-hydrogen) atoms. The molecule has 0 unspecified atom stereocenters. The minimum Gasteiger partial charge on any atom is -0.335 e. The Labute approximate surface area is 114 Å². The summed E-state index contributed by atoms with van der Waals surface area (Å²) in [4.78, 5) is 24.8. The summed E-state index contributed by atoms with van der Waals surface area (Å²) < 4.78 is 0. The van der Waals surface area contributed by atoms with Crippen molar-refractivity contribution in [3.63, 3.8) is 0 Å². The van der Waals surface area contributed by atoms with E-state index >= 15 is 0 Å². The van der Waals surface area contributed by atoms with Gasteiger partial charge in [0.05, 0.1) is 13.1 Å². The topological polar surface area (TPSA) is 61.4 Å². The summed E-state index contributed by atoms with van der Waals surface area (Å²) in [6.45, 7) is 2.32. The predicted octanol–water partition coefficient (Wildman–Crippen LogP) is 0.865. The summed E-state index contributed by atoms with van der Waals surface area (Å²) in [5, 5.41) is 5.60. The third-order valence-electron chi connectivity index (χ3n) is 2.81. The summed E-state index contributed by atoms with van der Waals surface area (Å²) in [7, 11) is 3.31. The molecule has 0 aliphatic carbocycles. The highest BCUT2D eigenvalue weighted by atomic mass is 16.2. The molecule has 0 spiro atoms. The molecule has 5 heteroatoms. The normalized spacial score (nSPS) is 10.1. The largest absolute Gasteiger partial charge is 0.335 e. The number of likely N-dealkylation sites (N-methyl/N-ethyl adjacent to an activating group) is 2. The van der Waals surface area contributed by atoms with E-state index in [1.807, 2.05) is 31.2 Å². The van der Waals surface area contributed by atoms with Gasteiger partial charge in [0.1, 0.15) is 0 Å². The smallest absolute Gasteiger partial charge is 0.243 e. The van der Waals surface area contributed by atoms with E-state index in [0.29, 0.717) is 0 Å². The molecule has 2 amide bonds. The van der Waals surface area contributed by atoms with Crippen molar-refractivity contribution in [1.29, 1.82) is 0 Å². The van der Waals surface area contributed by atoms with Crippen molar-refractivity contribution in [1.82, 2.24) is 10.2 Å². The molecule has 0 saturated heterocycles. The second-order valence-corrected chi connectivity index (χ2v) is 4.34. The minimum absolute atomic E-state index is 0.0541. The number of carbonyl (C=O) groups is 2. The average molecular weight is 263 g/mol. The summed E-state index contributed by atoms with van der Waals surface area (Å²) in [6, 6.07) is 7.67. The summed E-state index contributed by atoms with van der Waals surface area (Å²) >= 11 is 0. The van der Waals surface area contributed by atoms with Gasteiger partial charge in [-0.25, -0.2) is 0 Å². The number of amides is 2. The van der Waals surface area contributed by atoms with E-state index in [2.05, 4.69) is 10.6 Å². The zero-order chi connectivity index (χ0) is 14.3. The first kappa shape index (κ1) is 15.2. The average Bonchev–Trinajstić information content (AvgIpc) is 2.39. The maximum absolute atomic E-state index is 11.9. The van der Waals surface area contributed by atoms with E-state index < -0.39 is 0 Å². The van der Waals surface area contributed by atoms with Crippen LogP contribution in [0.25, 0.3) is 0 Å². The van der Waals surface area contributed by atoms with Crippen molar-refractivity contribution in [3.8, 4) is 0 Å². The van der Waals surface area contributed by atoms with Crippen molar-refractivity contribution in [2.24, 2.45) is 0 Å². The van der Waals surface area contributed by atoms with E-state index in [0.717, 1.165) is 17.7 Å². The predicted molar refractivity (Wildman–Crippen MR) is 76.0 cm³/mol. The Balaban J connectivity index is 2.58. The number of benzene rings is 1. The number of anilines is 1. The maximum atomic E-state index is 11.9. The Hall–Kier alpha value is -1.88. The highest BCUT2D eigenvalue weighted by Crippen LogP contribution is 2.15. The molecule has 1 aromatic rings. The third kappa shape index (κ3) is 4.71. The molecule has 0 aliphatic rings. The van der Waals surface area contributed by atoms with Crippen LogP contribution in [-0.2, 0) is 16.0 Å². The minimum atomic E-state index is -0.187. The number of aryl methyl sites for hydroxylation is 1. The monoisotopic (exact) mass is 263 g/mol. The van der Waals surface area contributed by atoms with Crippen molar-refractivity contribution in [3.05, 3.63) is 29.8 Å². The van der Waals surface area contributed by atoms with Gasteiger partial charge in [-0.05, 0) is 25.1 Å². The van der Waals surface area contributed by atoms with Gasteiger partial charge in [-0.15, -0.1) is 0 Å². The van der Waals surface area contributed by atoms with Crippen LogP contribution in [-0.4, -0.2) is 43.9 Å². The third-order valence-corrected chi connectivity index (χ3v) is 2.81. The van der Waals surface area contributed by atoms with Gasteiger partial charge in [-0.2, -0.15) is 0 Å². The van der Waals surface area contributed by atoms with Crippen LogP contribution in [0.5, 0.6) is 0 Å². The van der Waals surface area contributed by atoms with Crippen LogP contribution in [0.2, 0.25) is 0 Å². The van der Waals surface area contributed by atoms with Crippen molar-refractivity contribution in [2.45, 2.75) is 13.3 Å². The number of hydrogen-bond acceptors (Lipinski definition) is 3. The van der Waals surface area contributed by atoms with Crippen LogP contribution >= 0.6 is 0 Å². The SMILES string of the molecule is CCc1ccccc1NC(=O)CN(C)C(=O)CNC. The number of nitrogens with one attached hydrogen (secondary N) is 2. The Bertz CT molecular complexity index is 446. The van der Waals surface area contributed by atoms with E-state index in [1.165, 1.54) is 4.90 Å². The molecule has 5 nitrogen and oxygen atoms in total. The van der Waals surface area contributed by atoms with E-state index in [-0.39, 0.29) is 24.9 Å².